The molecule has 5 rings (SSSR count). The van der Waals surface area contributed by atoms with Crippen LogP contribution in [0.4, 0.5) is 0 Å². The minimum Gasteiger partial charge on any atom is -0.491 e. The fourth-order valence-corrected chi connectivity index (χ4v) is 5.74. The van der Waals surface area contributed by atoms with E-state index in [1.807, 2.05) is 25.1 Å². The molecule has 0 aromatic heterocycles. The number of aliphatic hydroxyl groups excluding tert-OH is 1. The van der Waals surface area contributed by atoms with Crippen molar-refractivity contribution in [3.05, 3.63) is 28.8 Å². The summed E-state index contributed by atoms with van der Waals surface area (Å²) in [5, 5.41) is 14.8. The largest absolute Gasteiger partial charge is 0.491 e. The molecular weight excluding hydrogens is 322 g/mol. The number of nitrogens with one attached hydrogen (secondary N) is 1. The molecule has 132 valence electrons. The zero-order valence-electron chi connectivity index (χ0n) is 14.4. The summed E-state index contributed by atoms with van der Waals surface area (Å²) in [5.74, 6) is 3.54. The Labute approximate surface area is 149 Å². The molecule has 24 heavy (non-hydrogen) atoms. The van der Waals surface area contributed by atoms with Crippen molar-refractivity contribution < 1.29 is 9.84 Å². The molecule has 4 aliphatic carbocycles. The highest BCUT2D eigenvalue weighted by Crippen LogP contribution is 2.55. The standard InChI is InChI=1S/C20H28ClNO2/c1-13-4-18(2-3-19(13)21)24-12-17(23)11-22-20-8-14-5-15(9-20)7-16(6-14)10-20/h2-4,14-17,22-23H,5-12H2,1H3. The Kier molecular flexibility index (Phi) is 4.53. The molecule has 1 unspecified atom stereocenters. The van der Waals surface area contributed by atoms with E-state index in [0.717, 1.165) is 34.1 Å². The Bertz CT molecular complexity index is 568. The van der Waals surface area contributed by atoms with Crippen molar-refractivity contribution in [1.82, 2.24) is 5.32 Å². The van der Waals surface area contributed by atoms with E-state index >= 15 is 0 Å². The van der Waals surface area contributed by atoms with Crippen LogP contribution in [0.1, 0.15) is 44.1 Å². The van der Waals surface area contributed by atoms with E-state index in [2.05, 4.69) is 5.32 Å². The third-order valence-corrected chi connectivity index (χ3v) is 6.75. The molecule has 0 aliphatic heterocycles. The smallest absolute Gasteiger partial charge is 0.119 e. The second-order valence-corrected chi connectivity index (χ2v) is 8.86. The van der Waals surface area contributed by atoms with Crippen LogP contribution < -0.4 is 10.1 Å². The van der Waals surface area contributed by atoms with Crippen LogP contribution in [-0.2, 0) is 0 Å². The maximum Gasteiger partial charge on any atom is 0.119 e. The lowest BCUT2D eigenvalue weighted by atomic mass is 9.53. The molecular formula is C20H28ClNO2. The van der Waals surface area contributed by atoms with Crippen LogP contribution in [0.2, 0.25) is 5.02 Å². The van der Waals surface area contributed by atoms with Crippen molar-refractivity contribution >= 4 is 11.6 Å². The van der Waals surface area contributed by atoms with Gasteiger partial charge in [-0.3, -0.25) is 0 Å². The first kappa shape index (κ1) is 16.7. The van der Waals surface area contributed by atoms with Crippen molar-refractivity contribution in [2.45, 2.75) is 57.1 Å². The molecule has 4 heteroatoms. The van der Waals surface area contributed by atoms with Gasteiger partial charge < -0.3 is 15.2 Å². The number of ether oxygens (including phenoxy) is 1. The van der Waals surface area contributed by atoms with E-state index in [-0.39, 0.29) is 0 Å². The fraction of sp³-hybridized carbons (Fsp3) is 0.700. The lowest BCUT2D eigenvalue weighted by molar-refractivity contribution is -0.0266. The summed E-state index contributed by atoms with van der Waals surface area (Å²) in [7, 11) is 0. The van der Waals surface area contributed by atoms with Gasteiger partial charge in [0, 0.05) is 17.1 Å². The maximum atomic E-state index is 10.3. The van der Waals surface area contributed by atoms with Crippen LogP contribution in [0.5, 0.6) is 5.75 Å². The number of halogens is 1. The van der Waals surface area contributed by atoms with Crippen molar-refractivity contribution in [1.29, 1.82) is 0 Å². The second-order valence-electron chi connectivity index (χ2n) is 8.45. The summed E-state index contributed by atoms with van der Waals surface area (Å²) in [6.45, 7) is 2.90. The first-order valence-electron chi connectivity index (χ1n) is 9.33. The number of hydrogen-bond acceptors (Lipinski definition) is 3. The first-order valence-corrected chi connectivity index (χ1v) is 9.71. The molecule has 0 saturated heterocycles. The summed E-state index contributed by atoms with van der Waals surface area (Å²) in [5.41, 5.74) is 1.29. The van der Waals surface area contributed by atoms with Gasteiger partial charge in [0.05, 0.1) is 0 Å². The minimum atomic E-state index is -0.478. The van der Waals surface area contributed by atoms with Crippen molar-refractivity contribution in [3.63, 3.8) is 0 Å². The van der Waals surface area contributed by atoms with Gasteiger partial charge in [-0.15, -0.1) is 0 Å². The average Bonchev–Trinajstić information content (AvgIpc) is 2.53. The third kappa shape index (κ3) is 3.44. The van der Waals surface area contributed by atoms with Crippen LogP contribution in [0, 0.1) is 24.7 Å². The van der Waals surface area contributed by atoms with Gasteiger partial charge in [-0.25, -0.2) is 0 Å². The van der Waals surface area contributed by atoms with E-state index in [9.17, 15) is 5.11 Å². The number of β-amino-alcohol motifs (C(OH)–C–C–N with tert-alkyl or cyclic N) is 1. The van der Waals surface area contributed by atoms with Gasteiger partial charge >= 0.3 is 0 Å². The Morgan fingerprint density at radius 2 is 1.83 bits per heavy atom. The van der Waals surface area contributed by atoms with Gasteiger partial charge in [0.2, 0.25) is 0 Å². The normalized spacial score (nSPS) is 35.2. The van der Waals surface area contributed by atoms with E-state index in [4.69, 9.17) is 16.3 Å². The van der Waals surface area contributed by atoms with Gasteiger partial charge in [-0.2, -0.15) is 0 Å². The topological polar surface area (TPSA) is 41.5 Å². The van der Waals surface area contributed by atoms with E-state index in [1.54, 1.807) is 0 Å². The molecule has 3 nitrogen and oxygen atoms in total. The lowest BCUT2D eigenvalue weighted by Gasteiger charge is -2.57. The molecule has 0 heterocycles. The molecule has 2 N–H and O–H groups in total. The summed E-state index contributed by atoms with van der Waals surface area (Å²) >= 11 is 6.03. The molecule has 1 aromatic carbocycles. The first-order chi connectivity index (χ1) is 11.5. The number of aliphatic hydroxyl groups is 1. The highest BCUT2D eigenvalue weighted by molar-refractivity contribution is 6.31. The fourth-order valence-electron chi connectivity index (χ4n) is 5.62. The van der Waals surface area contributed by atoms with Crippen LogP contribution >= 0.6 is 11.6 Å². The van der Waals surface area contributed by atoms with Crippen LogP contribution in [-0.4, -0.2) is 29.9 Å². The molecule has 0 amide bonds. The number of aryl methyl sites for hydroxylation is 1. The van der Waals surface area contributed by atoms with Crippen LogP contribution in [0.15, 0.2) is 18.2 Å². The molecule has 4 bridgehead atoms. The monoisotopic (exact) mass is 349 g/mol. The zero-order chi connectivity index (χ0) is 16.7. The molecule has 4 aliphatic rings. The SMILES string of the molecule is Cc1cc(OCC(O)CNC23CC4CC(CC(C4)C2)C3)ccc1Cl. The van der Waals surface area contributed by atoms with E-state index in [0.29, 0.717) is 18.7 Å². The van der Waals surface area contributed by atoms with Gasteiger partial charge in [-0.1, -0.05) is 11.6 Å². The van der Waals surface area contributed by atoms with E-state index < -0.39 is 6.10 Å². The lowest BCUT2D eigenvalue weighted by Crippen LogP contribution is -2.59. The summed E-state index contributed by atoms with van der Waals surface area (Å²) in [6.07, 6.45) is 7.79. The van der Waals surface area contributed by atoms with Crippen molar-refractivity contribution in [3.8, 4) is 5.75 Å². The quantitative estimate of drug-likeness (QED) is 0.817. The van der Waals surface area contributed by atoms with Gasteiger partial charge in [-0.05, 0) is 87.0 Å². The molecule has 0 radical (unpaired) electrons. The molecule has 0 spiro atoms. The molecule has 4 fully saturated rings. The zero-order valence-corrected chi connectivity index (χ0v) is 15.2. The Hall–Kier alpha value is -0.770. The average molecular weight is 350 g/mol. The Morgan fingerprint density at radius 1 is 1.21 bits per heavy atom. The minimum absolute atomic E-state index is 0.298. The van der Waals surface area contributed by atoms with Gasteiger partial charge in [0.25, 0.3) is 0 Å². The van der Waals surface area contributed by atoms with Crippen molar-refractivity contribution in [2.75, 3.05) is 13.2 Å². The number of rotatable bonds is 6. The predicted octanol–water partition coefficient (Wildman–Crippen LogP) is 3.95. The van der Waals surface area contributed by atoms with Gasteiger partial charge in [0.15, 0.2) is 0 Å². The highest BCUT2D eigenvalue weighted by atomic mass is 35.5. The highest BCUT2D eigenvalue weighted by Gasteiger charge is 2.50. The van der Waals surface area contributed by atoms with Crippen molar-refractivity contribution in [2.24, 2.45) is 17.8 Å². The molecule has 4 saturated carbocycles. The third-order valence-electron chi connectivity index (χ3n) is 6.32. The Morgan fingerprint density at radius 3 is 2.42 bits per heavy atom. The Balaban J connectivity index is 1.27. The summed E-state index contributed by atoms with van der Waals surface area (Å²) in [6, 6.07) is 5.61. The predicted molar refractivity (Wildman–Crippen MR) is 96.6 cm³/mol. The number of benzene rings is 1. The van der Waals surface area contributed by atoms with Crippen LogP contribution in [0.25, 0.3) is 0 Å². The summed E-state index contributed by atoms with van der Waals surface area (Å²) in [4.78, 5) is 0. The molecule has 1 atom stereocenters. The van der Waals surface area contributed by atoms with E-state index in [1.165, 1.54) is 38.5 Å². The maximum absolute atomic E-state index is 10.3. The van der Waals surface area contributed by atoms with Gasteiger partial charge in [0.1, 0.15) is 18.5 Å². The molecule has 1 aromatic rings. The van der Waals surface area contributed by atoms with Crippen LogP contribution in [0.3, 0.4) is 0 Å². The summed E-state index contributed by atoms with van der Waals surface area (Å²) < 4.78 is 5.73. The number of hydrogen-bond donors (Lipinski definition) is 2. The second kappa shape index (κ2) is 6.51.